The van der Waals surface area contributed by atoms with Crippen molar-refractivity contribution in [1.82, 2.24) is 15.1 Å². The first-order valence-corrected chi connectivity index (χ1v) is 8.77. The number of carbonyl (C=O) groups is 1. The van der Waals surface area contributed by atoms with E-state index >= 15 is 0 Å². The third kappa shape index (κ3) is 5.41. The van der Waals surface area contributed by atoms with Gasteiger partial charge in [-0.1, -0.05) is 30.3 Å². The zero-order chi connectivity index (χ0) is 17.5. The van der Waals surface area contributed by atoms with Crippen LogP contribution in [-0.4, -0.2) is 41.1 Å². The highest BCUT2D eigenvalue weighted by molar-refractivity contribution is 5.80. The Morgan fingerprint density at radius 1 is 1.40 bits per heavy atom. The number of amides is 1. The summed E-state index contributed by atoms with van der Waals surface area (Å²) in [4.78, 5) is 12.1. The maximum absolute atomic E-state index is 12.1. The molecule has 0 radical (unpaired) electrons. The van der Waals surface area contributed by atoms with Gasteiger partial charge in [-0.25, -0.2) is 0 Å². The zero-order valence-electron chi connectivity index (χ0n) is 14.6. The molecule has 2 atom stereocenters. The Balaban J connectivity index is 1.41. The molecule has 0 bridgehead atoms. The summed E-state index contributed by atoms with van der Waals surface area (Å²) < 4.78 is 13.0. The Morgan fingerprint density at radius 3 is 3.00 bits per heavy atom. The van der Waals surface area contributed by atoms with Gasteiger partial charge in [0.05, 0.1) is 25.5 Å². The number of hydrogen-bond acceptors (Lipinski definition) is 4. The van der Waals surface area contributed by atoms with Crippen molar-refractivity contribution in [3.8, 4) is 0 Å². The molecule has 1 amide bonds. The van der Waals surface area contributed by atoms with Crippen LogP contribution in [0.25, 0.3) is 0 Å². The molecule has 6 nitrogen and oxygen atoms in total. The minimum Gasteiger partial charge on any atom is -0.376 e. The molecule has 1 aromatic heterocycles. The van der Waals surface area contributed by atoms with Crippen LogP contribution in [0.3, 0.4) is 0 Å². The summed E-state index contributed by atoms with van der Waals surface area (Å²) >= 11 is 0. The lowest BCUT2D eigenvalue weighted by Gasteiger charge is -2.15. The smallest absolute Gasteiger partial charge is 0.249 e. The van der Waals surface area contributed by atoms with E-state index in [0.717, 1.165) is 31.6 Å². The molecule has 2 unspecified atom stereocenters. The van der Waals surface area contributed by atoms with Crippen molar-refractivity contribution in [2.45, 2.75) is 45.1 Å². The number of rotatable bonds is 8. The standard InChI is InChI=1S/C19H25N3O3/c1-15(25-14-18-8-5-9-24-18)19(23)20-10-17-11-21-22(13-17)12-16-6-3-2-4-7-16/h2-4,6-7,11,13,15,18H,5,8-10,12,14H2,1H3,(H,20,23). The predicted molar refractivity (Wildman–Crippen MR) is 94.0 cm³/mol. The molecule has 1 aliphatic heterocycles. The van der Waals surface area contributed by atoms with Gasteiger partial charge in [-0.3, -0.25) is 9.48 Å². The van der Waals surface area contributed by atoms with Crippen LogP contribution in [-0.2, 0) is 27.4 Å². The Hall–Kier alpha value is -2.18. The van der Waals surface area contributed by atoms with E-state index in [2.05, 4.69) is 22.5 Å². The second-order valence-corrected chi connectivity index (χ2v) is 6.36. The monoisotopic (exact) mass is 343 g/mol. The van der Waals surface area contributed by atoms with Crippen LogP contribution in [0.4, 0.5) is 0 Å². The van der Waals surface area contributed by atoms with E-state index in [1.807, 2.05) is 29.1 Å². The van der Waals surface area contributed by atoms with Gasteiger partial charge in [-0.15, -0.1) is 0 Å². The van der Waals surface area contributed by atoms with E-state index in [-0.39, 0.29) is 12.0 Å². The van der Waals surface area contributed by atoms with Crippen LogP contribution in [0.5, 0.6) is 0 Å². The molecule has 25 heavy (non-hydrogen) atoms. The average molecular weight is 343 g/mol. The topological polar surface area (TPSA) is 65.4 Å². The van der Waals surface area contributed by atoms with Crippen LogP contribution in [0, 0.1) is 0 Å². The van der Waals surface area contributed by atoms with Gasteiger partial charge in [-0.05, 0) is 25.3 Å². The number of ether oxygens (including phenoxy) is 2. The maximum Gasteiger partial charge on any atom is 0.249 e. The maximum atomic E-state index is 12.1. The quantitative estimate of drug-likeness (QED) is 0.797. The summed E-state index contributed by atoms with van der Waals surface area (Å²) in [5.74, 6) is -0.117. The number of carbonyl (C=O) groups excluding carboxylic acids is 1. The summed E-state index contributed by atoms with van der Waals surface area (Å²) in [6, 6.07) is 10.2. The third-order valence-electron chi connectivity index (χ3n) is 4.27. The van der Waals surface area contributed by atoms with E-state index in [0.29, 0.717) is 13.2 Å². The van der Waals surface area contributed by atoms with E-state index in [1.165, 1.54) is 5.56 Å². The summed E-state index contributed by atoms with van der Waals surface area (Å²) in [7, 11) is 0. The fraction of sp³-hybridized carbons (Fsp3) is 0.474. The Kier molecular flexibility index (Phi) is 6.19. The van der Waals surface area contributed by atoms with Gasteiger partial charge in [0, 0.05) is 24.9 Å². The second-order valence-electron chi connectivity index (χ2n) is 6.36. The van der Waals surface area contributed by atoms with Crippen LogP contribution in [0.15, 0.2) is 42.7 Å². The molecule has 2 heterocycles. The largest absolute Gasteiger partial charge is 0.376 e. The van der Waals surface area contributed by atoms with Gasteiger partial charge in [-0.2, -0.15) is 5.10 Å². The van der Waals surface area contributed by atoms with E-state index in [4.69, 9.17) is 9.47 Å². The molecule has 1 saturated heterocycles. The first kappa shape index (κ1) is 17.6. The van der Waals surface area contributed by atoms with Gasteiger partial charge in [0.1, 0.15) is 6.10 Å². The van der Waals surface area contributed by atoms with Crippen LogP contribution < -0.4 is 5.32 Å². The van der Waals surface area contributed by atoms with Crippen LogP contribution in [0.2, 0.25) is 0 Å². The molecular formula is C19H25N3O3. The highest BCUT2D eigenvalue weighted by atomic mass is 16.5. The third-order valence-corrected chi connectivity index (χ3v) is 4.27. The zero-order valence-corrected chi connectivity index (χ0v) is 14.6. The lowest BCUT2D eigenvalue weighted by Crippen LogP contribution is -2.35. The molecule has 0 saturated carbocycles. The fourth-order valence-corrected chi connectivity index (χ4v) is 2.79. The minimum atomic E-state index is -0.483. The number of nitrogens with zero attached hydrogens (tertiary/aromatic N) is 2. The molecule has 1 aromatic carbocycles. The average Bonchev–Trinajstić information content (AvgIpc) is 3.30. The van der Waals surface area contributed by atoms with Crippen molar-refractivity contribution in [2.24, 2.45) is 0 Å². The van der Waals surface area contributed by atoms with Crippen LogP contribution >= 0.6 is 0 Å². The van der Waals surface area contributed by atoms with Gasteiger partial charge in [0.25, 0.3) is 0 Å². The van der Waals surface area contributed by atoms with Gasteiger partial charge in [0.15, 0.2) is 0 Å². The molecule has 0 aliphatic carbocycles. The Labute approximate surface area is 148 Å². The highest BCUT2D eigenvalue weighted by Crippen LogP contribution is 2.12. The van der Waals surface area contributed by atoms with Gasteiger partial charge < -0.3 is 14.8 Å². The van der Waals surface area contributed by atoms with E-state index in [9.17, 15) is 4.79 Å². The predicted octanol–water partition coefficient (Wildman–Crippen LogP) is 2.13. The second kappa shape index (κ2) is 8.78. The first-order valence-electron chi connectivity index (χ1n) is 8.77. The minimum absolute atomic E-state index is 0.117. The summed E-state index contributed by atoms with van der Waals surface area (Å²) in [6.45, 7) is 4.20. The summed E-state index contributed by atoms with van der Waals surface area (Å²) in [5.41, 5.74) is 2.16. The first-order chi connectivity index (χ1) is 12.2. The van der Waals surface area contributed by atoms with Crippen molar-refractivity contribution < 1.29 is 14.3 Å². The molecule has 3 rings (SSSR count). The molecule has 1 fully saturated rings. The molecule has 1 aliphatic rings. The Bertz CT molecular complexity index is 666. The fourth-order valence-electron chi connectivity index (χ4n) is 2.79. The lowest BCUT2D eigenvalue weighted by atomic mass is 10.2. The molecule has 134 valence electrons. The van der Waals surface area contributed by atoms with Crippen molar-refractivity contribution in [2.75, 3.05) is 13.2 Å². The highest BCUT2D eigenvalue weighted by Gasteiger charge is 2.19. The summed E-state index contributed by atoms with van der Waals surface area (Å²) in [5, 5.41) is 7.23. The van der Waals surface area contributed by atoms with Gasteiger partial charge >= 0.3 is 0 Å². The van der Waals surface area contributed by atoms with Gasteiger partial charge in [0.2, 0.25) is 5.91 Å². The SMILES string of the molecule is CC(OCC1CCCO1)C(=O)NCc1cnn(Cc2ccccc2)c1. The van der Waals surface area contributed by atoms with Crippen LogP contribution in [0.1, 0.15) is 30.9 Å². The molecule has 2 aromatic rings. The van der Waals surface area contributed by atoms with E-state index < -0.39 is 6.10 Å². The van der Waals surface area contributed by atoms with Crippen molar-refractivity contribution in [3.63, 3.8) is 0 Å². The molecule has 0 spiro atoms. The number of nitrogens with one attached hydrogen (secondary N) is 1. The number of aromatic nitrogens is 2. The van der Waals surface area contributed by atoms with Crippen molar-refractivity contribution in [3.05, 3.63) is 53.9 Å². The normalized spacial score (nSPS) is 18.2. The number of hydrogen-bond donors (Lipinski definition) is 1. The number of benzene rings is 1. The van der Waals surface area contributed by atoms with Crippen molar-refractivity contribution >= 4 is 5.91 Å². The summed E-state index contributed by atoms with van der Waals surface area (Å²) in [6.07, 6.45) is 5.46. The molecule has 6 heteroatoms. The molecular weight excluding hydrogens is 318 g/mol. The van der Waals surface area contributed by atoms with E-state index in [1.54, 1.807) is 13.1 Å². The molecule has 1 N–H and O–H groups in total. The van der Waals surface area contributed by atoms with Crippen molar-refractivity contribution in [1.29, 1.82) is 0 Å². The Morgan fingerprint density at radius 2 is 2.24 bits per heavy atom. The lowest BCUT2D eigenvalue weighted by molar-refractivity contribution is -0.133.